The first-order chi connectivity index (χ1) is 21.5. The van der Waals surface area contributed by atoms with E-state index < -0.39 is 8.07 Å². The minimum absolute atomic E-state index is 0.221. The Hall–Kier alpha value is -4.09. The summed E-state index contributed by atoms with van der Waals surface area (Å²) in [6.45, 7) is 25.1. The minimum Gasteiger partial charge on any atom is -0.437 e. The number of rotatable bonds is 3. The zero-order valence-electron chi connectivity index (χ0n) is 27.8. The van der Waals surface area contributed by atoms with Crippen molar-refractivity contribution in [2.75, 3.05) is 0 Å². The number of aliphatic imine (C=N–C) groups is 1. The fourth-order valence-electron chi connectivity index (χ4n) is 7.86. The second kappa shape index (κ2) is 10.8. The van der Waals surface area contributed by atoms with Crippen LogP contribution in [0, 0.1) is 13.8 Å². The molecule has 0 N–H and O–H groups in total. The molecule has 2 aliphatic heterocycles. The van der Waals surface area contributed by atoms with Crippen LogP contribution in [0.3, 0.4) is 0 Å². The highest BCUT2D eigenvalue weighted by atomic mass is 28.3. The Labute approximate surface area is 268 Å². The lowest BCUT2D eigenvalue weighted by molar-refractivity contribution is -0.717. The van der Waals surface area contributed by atoms with Crippen LogP contribution in [0.1, 0.15) is 78.1 Å². The highest BCUT2D eigenvalue weighted by Crippen LogP contribution is 2.45. The quantitative estimate of drug-likeness (QED) is 0.151. The zero-order valence-corrected chi connectivity index (χ0v) is 28.8. The van der Waals surface area contributed by atoms with Gasteiger partial charge in [0.1, 0.15) is 5.58 Å². The molecule has 3 aromatic heterocycles. The lowest BCUT2D eigenvalue weighted by Crippen LogP contribution is -2.54. The van der Waals surface area contributed by atoms with Crippen molar-refractivity contribution in [3.05, 3.63) is 113 Å². The van der Waals surface area contributed by atoms with E-state index in [1.807, 2.05) is 13.0 Å². The SMILES string of the molecule is C=C/C1=N/C(=C)CC2C(CCc3cc(C)c4c(oc5nc(C)ccc54)c31)c1ccccc1-c1cc(C(C)C)c([Si](C)(C)C)c[n+]12. The van der Waals surface area contributed by atoms with Gasteiger partial charge in [-0.15, -0.1) is 0 Å². The van der Waals surface area contributed by atoms with Crippen molar-refractivity contribution in [1.82, 2.24) is 4.98 Å². The third-order valence-electron chi connectivity index (χ3n) is 9.96. The highest BCUT2D eigenvalue weighted by Gasteiger charge is 2.42. The lowest BCUT2D eigenvalue weighted by atomic mass is 9.77. The first kappa shape index (κ1) is 29.6. The van der Waals surface area contributed by atoms with Gasteiger partial charge in [0, 0.05) is 50.5 Å². The van der Waals surface area contributed by atoms with Crippen molar-refractivity contribution in [1.29, 1.82) is 0 Å². The van der Waals surface area contributed by atoms with Gasteiger partial charge in [-0.3, -0.25) is 4.99 Å². The smallest absolute Gasteiger partial charge is 0.227 e. The third-order valence-corrected chi connectivity index (χ3v) is 12.0. The van der Waals surface area contributed by atoms with Gasteiger partial charge >= 0.3 is 0 Å². The maximum Gasteiger partial charge on any atom is 0.227 e. The number of fused-ring (bicyclic) bond motifs is 11. The van der Waals surface area contributed by atoms with Crippen molar-refractivity contribution >= 4 is 41.0 Å². The lowest BCUT2D eigenvalue weighted by Gasteiger charge is -2.33. The van der Waals surface area contributed by atoms with Gasteiger partial charge in [0.05, 0.1) is 20.2 Å². The number of allylic oxidation sites excluding steroid dienone is 2. The summed E-state index contributed by atoms with van der Waals surface area (Å²) in [5, 5.41) is 3.71. The Balaban J connectivity index is 1.46. The summed E-state index contributed by atoms with van der Waals surface area (Å²) in [6.07, 6.45) is 7.08. The molecule has 5 aromatic rings. The first-order valence-electron chi connectivity index (χ1n) is 16.4. The summed E-state index contributed by atoms with van der Waals surface area (Å²) in [4.78, 5) is 9.96. The van der Waals surface area contributed by atoms with Crippen LogP contribution in [0.15, 0.2) is 89.1 Å². The van der Waals surface area contributed by atoms with E-state index in [9.17, 15) is 0 Å². The summed E-state index contributed by atoms with van der Waals surface area (Å²) in [6, 6.07) is 18.3. The molecule has 0 radical (unpaired) electrons. The summed E-state index contributed by atoms with van der Waals surface area (Å²) in [5.41, 5.74) is 13.2. The maximum atomic E-state index is 6.56. The van der Waals surface area contributed by atoms with Crippen LogP contribution in [0.4, 0.5) is 0 Å². The van der Waals surface area contributed by atoms with Gasteiger partial charge in [0.25, 0.3) is 0 Å². The largest absolute Gasteiger partial charge is 0.437 e. The Morgan fingerprint density at radius 2 is 1.84 bits per heavy atom. The Morgan fingerprint density at radius 3 is 2.58 bits per heavy atom. The molecule has 0 spiro atoms. The van der Waals surface area contributed by atoms with Gasteiger partial charge in [-0.1, -0.05) is 70.9 Å². The topological polar surface area (TPSA) is 42.3 Å². The van der Waals surface area contributed by atoms with Gasteiger partial charge in [0.15, 0.2) is 12.2 Å². The number of aromatic nitrogens is 2. The highest BCUT2D eigenvalue weighted by molar-refractivity contribution is 6.89. The molecule has 2 atom stereocenters. The second-order valence-electron chi connectivity index (χ2n) is 14.5. The van der Waals surface area contributed by atoms with E-state index in [0.717, 1.165) is 58.3 Å². The maximum absolute atomic E-state index is 6.56. The number of aryl methyl sites for hydroxylation is 3. The molecule has 45 heavy (non-hydrogen) atoms. The number of nitrogens with zero attached hydrogens (tertiary/aromatic N) is 3. The monoisotopic (exact) mass is 610 g/mol. The molecule has 0 saturated heterocycles. The molecular weight excluding hydrogens is 567 g/mol. The van der Waals surface area contributed by atoms with Crippen molar-refractivity contribution in [3.63, 3.8) is 0 Å². The second-order valence-corrected chi connectivity index (χ2v) is 19.5. The Bertz CT molecular complexity index is 2070. The minimum atomic E-state index is -1.62. The molecule has 4 nitrogen and oxygen atoms in total. The number of pyridine rings is 2. The van der Waals surface area contributed by atoms with E-state index >= 15 is 0 Å². The summed E-state index contributed by atoms with van der Waals surface area (Å²) < 4.78 is 9.17. The van der Waals surface area contributed by atoms with Gasteiger partial charge in [0.2, 0.25) is 11.4 Å². The molecule has 0 fully saturated rings. The average Bonchev–Trinajstić information content (AvgIpc) is 3.37. The molecule has 7 rings (SSSR count). The Kier molecular flexibility index (Phi) is 7.08. The van der Waals surface area contributed by atoms with Crippen LogP contribution in [0.25, 0.3) is 33.3 Å². The molecule has 5 heterocycles. The molecule has 2 unspecified atom stereocenters. The molecule has 5 heteroatoms. The molecular formula is C40H44N3OSi+. The average molecular weight is 611 g/mol. The van der Waals surface area contributed by atoms with E-state index in [1.54, 1.807) is 5.19 Å². The molecule has 0 amide bonds. The van der Waals surface area contributed by atoms with Crippen LogP contribution in [0.5, 0.6) is 0 Å². The molecule has 0 saturated carbocycles. The van der Waals surface area contributed by atoms with E-state index in [4.69, 9.17) is 14.4 Å². The van der Waals surface area contributed by atoms with Crippen LogP contribution in [-0.2, 0) is 6.42 Å². The van der Waals surface area contributed by atoms with E-state index in [-0.39, 0.29) is 6.04 Å². The van der Waals surface area contributed by atoms with Gasteiger partial charge in [-0.2, -0.15) is 4.57 Å². The van der Waals surface area contributed by atoms with Crippen LogP contribution in [0.2, 0.25) is 19.6 Å². The number of hydrogen-bond donors (Lipinski definition) is 0. The zero-order chi connectivity index (χ0) is 31.8. The fourth-order valence-corrected chi connectivity index (χ4v) is 9.61. The third kappa shape index (κ3) is 4.83. The molecule has 228 valence electrons. The van der Waals surface area contributed by atoms with Crippen molar-refractivity contribution in [2.45, 2.75) is 84.5 Å². The van der Waals surface area contributed by atoms with Crippen LogP contribution >= 0.6 is 0 Å². The fraction of sp³-hybridized carbons (Fsp3) is 0.325. The van der Waals surface area contributed by atoms with Gasteiger partial charge in [-0.05, 0) is 79.1 Å². The number of benzene rings is 2. The van der Waals surface area contributed by atoms with Crippen molar-refractivity contribution in [2.24, 2.45) is 4.99 Å². The predicted octanol–water partition coefficient (Wildman–Crippen LogP) is 9.38. The Morgan fingerprint density at radius 1 is 1.07 bits per heavy atom. The van der Waals surface area contributed by atoms with E-state index in [0.29, 0.717) is 17.5 Å². The van der Waals surface area contributed by atoms with Crippen molar-refractivity contribution in [3.8, 4) is 11.3 Å². The number of hydrogen-bond acceptors (Lipinski definition) is 3. The van der Waals surface area contributed by atoms with Crippen molar-refractivity contribution < 1.29 is 8.98 Å². The molecule has 2 aliphatic rings. The van der Waals surface area contributed by atoms with Crippen LogP contribution in [-0.4, -0.2) is 18.8 Å². The molecule has 0 aliphatic carbocycles. The standard InChI is InChI=1S/C40H44N3OSi/c1-10-33-38-27(19-24(4)37-31-17-15-25(5)42-40(31)44-39(37)38)16-18-30-28-13-11-12-14-29(28)35-21-32(23(2)3)36(45(7,8)9)22-43(35)34(30)20-26(6)41-33/h10-15,17,19,21-23,30,34H,1,6,16,18,20H2,2-5,7-9H3/q+1/b41-33-. The molecule has 0 bridgehead atoms. The summed E-state index contributed by atoms with van der Waals surface area (Å²) in [5.74, 6) is 0.786. The number of furan rings is 1. The predicted molar refractivity (Wildman–Crippen MR) is 191 cm³/mol. The summed E-state index contributed by atoms with van der Waals surface area (Å²) >= 11 is 0. The van der Waals surface area contributed by atoms with E-state index in [2.05, 4.69) is 113 Å². The molecule has 2 aromatic carbocycles. The van der Waals surface area contributed by atoms with Gasteiger partial charge in [-0.25, -0.2) is 4.98 Å². The van der Waals surface area contributed by atoms with Crippen LogP contribution < -0.4 is 9.75 Å². The van der Waals surface area contributed by atoms with Gasteiger partial charge < -0.3 is 4.42 Å². The first-order valence-corrected chi connectivity index (χ1v) is 19.9. The van der Waals surface area contributed by atoms with E-state index in [1.165, 1.54) is 33.5 Å². The summed E-state index contributed by atoms with van der Waals surface area (Å²) in [7, 11) is -1.62. The normalized spacial score (nSPS) is 19.5.